The number of amides is 1. The molecule has 0 aliphatic carbocycles. The van der Waals surface area contributed by atoms with Crippen LogP contribution in [-0.4, -0.2) is 68.6 Å². The van der Waals surface area contributed by atoms with Crippen LogP contribution in [0.4, 0.5) is 5.69 Å². The molecule has 7 N–H and O–H groups in total. The Balaban J connectivity index is 1.84. The Morgan fingerprint density at radius 2 is 2.19 bits per heavy atom. The Hall–Kier alpha value is -2.37. The lowest BCUT2D eigenvalue weighted by Crippen LogP contribution is -2.50. The van der Waals surface area contributed by atoms with Crippen LogP contribution in [0, 0.1) is 5.92 Å². The maximum absolute atomic E-state index is 13.4. The number of rotatable bonds is 9. The molecule has 1 amide bonds. The first kappa shape index (κ1) is 24.3. The fourth-order valence-corrected chi connectivity index (χ4v) is 5.85. The van der Waals surface area contributed by atoms with Gasteiger partial charge in [0.2, 0.25) is 15.9 Å². The Labute approximate surface area is 189 Å². The molecule has 0 radical (unpaired) electrons. The van der Waals surface area contributed by atoms with Gasteiger partial charge in [-0.3, -0.25) is 9.79 Å². The van der Waals surface area contributed by atoms with Gasteiger partial charge in [-0.1, -0.05) is 19.1 Å². The van der Waals surface area contributed by atoms with Gasteiger partial charge in [-0.05, 0) is 49.7 Å². The monoisotopic (exact) mass is 466 g/mol. The average Bonchev–Trinajstić information content (AvgIpc) is 3.23. The largest absolute Gasteiger partial charge is 0.394 e. The topological polar surface area (TPSA) is 163 Å². The highest BCUT2D eigenvalue weighted by atomic mass is 32.2. The van der Waals surface area contributed by atoms with Crippen molar-refractivity contribution in [2.75, 3.05) is 31.6 Å². The van der Waals surface area contributed by atoms with Crippen LogP contribution in [0.15, 0.2) is 28.1 Å². The predicted molar refractivity (Wildman–Crippen MR) is 124 cm³/mol. The van der Waals surface area contributed by atoms with Crippen molar-refractivity contribution in [3.63, 3.8) is 0 Å². The molecule has 32 heavy (non-hydrogen) atoms. The molecule has 2 aliphatic heterocycles. The molecule has 1 saturated heterocycles. The average molecular weight is 467 g/mol. The number of nitrogens with one attached hydrogen (secondary N) is 2. The smallest absolute Gasteiger partial charge is 0.243 e. The van der Waals surface area contributed by atoms with Gasteiger partial charge in [0.25, 0.3) is 0 Å². The SMILES string of the molecule is CC1CNc2c(cccc2S(=O)(=O)N[C@@H](CCCN=C(N)N)C(=O)N2CCC[C@@H]2CO)C1. The van der Waals surface area contributed by atoms with Crippen molar-refractivity contribution in [3.05, 3.63) is 23.8 Å². The predicted octanol–water partition coefficient (Wildman–Crippen LogP) is -0.0255. The van der Waals surface area contributed by atoms with Crippen molar-refractivity contribution >= 4 is 27.6 Å². The van der Waals surface area contributed by atoms with Gasteiger partial charge >= 0.3 is 0 Å². The van der Waals surface area contributed by atoms with Crippen LogP contribution in [-0.2, 0) is 21.2 Å². The summed E-state index contributed by atoms with van der Waals surface area (Å²) in [7, 11) is -3.98. The van der Waals surface area contributed by atoms with E-state index in [1.54, 1.807) is 17.0 Å². The van der Waals surface area contributed by atoms with Gasteiger partial charge in [-0.15, -0.1) is 0 Å². The van der Waals surface area contributed by atoms with Crippen LogP contribution in [0.5, 0.6) is 0 Å². The van der Waals surface area contributed by atoms with Gasteiger partial charge in [0.05, 0.1) is 18.3 Å². The minimum atomic E-state index is -3.98. The zero-order valence-electron chi connectivity index (χ0n) is 18.5. The van der Waals surface area contributed by atoms with E-state index in [4.69, 9.17) is 11.5 Å². The van der Waals surface area contributed by atoms with E-state index in [9.17, 15) is 18.3 Å². The molecule has 1 aromatic rings. The number of aliphatic hydroxyl groups is 1. The lowest BCUT2D eigenvalue weighted by Gasteiger charge is -2.29. The summed E-state index contributed by atoms with van der Waals surface area (Å²) in [5.74, 6) is 0.0228. The molecule has 2 aliphatic rings. The number of aliphatic hydroxyl groups excluding tert-OH is 1. The van der Waals surface area contributed by atoms with E-state index in [1.807, 2.05) is 6.07 Å². The summed E-state index contributed by atoms with van der Waals surface area (Å²) in [6.07, 6.45) is 2.93. The lowest BCUT2D eigenvalue weighted by atomic mass is 9.96. The molecular formula is C21H34N6O4S. The zero-order chi connectivity index (χ0) is 23.3. The fraction of sp³-hybridized carbons (Fsp3) is 0.619. The Morgan fingerprint density at radius 3 is 2.91 bits per heavy atom. The number of nitrogens with zero attached hydrogens (tertiary/aromatic N) is 2. The van der Waals surface area contributed by atoms with E-state index in [0.717, 1.165) is 18.4 Å². The first-order valence-electron chi connectivity index (χ1n) is 11.1. The highest BCUT2D eigenvalue weighted by molar-refractivity contribution is 7.89. The third-order valence-corrected chi connectivity index (χ3v) is 7.52. The van der Waals surface area contributed by atoms with E-state index in [0.29, 0.717) is 37.5 Å². The number of fused-ring (bicyclic) bond motifs is 1. The number of likely N-dealkylation sites (tertiary alicyclic amines) is 1. The fourth-order valence-electron chi connectivity index (χ4n) is 4.40. The Kier molecular flexibility index (Phi) is 7.96. The molecule has 3 atom stereocenters. The first-order chi connectivity index (χ1) is 15.2. The van der Waals surface area contributed by atoms with Crippen molar-refractivity contribution in [3.8, 4) is 0 Å². The maximum Gasteiger partial charge on any atom is 0.243 e. The van der Waals surface area contributed by atoms with Crippen molar-refractivity contribution in [2.45, 2.75) is 56.0 Å². The van der Waals surface area contributed by atoms with Crippen molar-refractivity contribution in [1.29, 1.82) is 0 Å². The van der Waals surface area contributed by atoms with Crippen molar-refractivity contribution < 1.29 is 18.3 Å². The zero-order valence-corrected chi connectivity index (χ0v) is 19.3. The van der Waals surface area contributed by atoms with Crippen LogP contribution >= 0.6 is 0 Å². The number of aliphatic imine (C=N–C) groups is 1. The van der Waals surface area contributed by atoms with Crippen molar-refractivity contribution in [2.24, 2.45) is 22.4 Å². The molecule has 3 rings (SSSR count). The normalized spacial score (nSPS) is 21.5. The number of sulfonamides is 1. The van der Waals surface area contributed by atoms with Crippen LogP contribution in [0.1, 0.15) is 38.2 Å². The summed E-state index contributed by atoms with van der Waals surface area (Å²) < 4.78 is 29.4. The van der Waals surface area contributed by atoms with Crippen LogP contribution in [0.3, 0.4) is 0 Å². The summed E-state index contributed by atoms with van der Waals surface area (Å²) in [5, 5.41) is 12.9. The van der Waals surface area contributed by atoms with Gasteiger partial charge in [-0.2, -0.15) is 4.72 Å². The molecule has 178 valence electrons. The second-order valence-corrected chi connectivity index (χ2v) is 10.3. The van der Waals surface area contributed by atoms with E-state index in [1.165, 1.54) is 0 Å². The van der Waals surface area contributed by atoms with Crippen LogP contribution in [0.25, 0.3) is 0 Å². The number of guanidine groups is 1. The van der Waals surface area contributed by atoms with Gasteiger partial charge in [-0.25, -0.2) is 8.42 Å². The molecule has 0 saturated carbocycles. The molecule has 11 heteroatoms. The van der Waals surface area contributed by atoms with Gasteiger partial charge < -0.3 is 26.8 Å². The standard InChI is InChI=1S/C21H34N6O4S/c1-14-11-15-5-2-8-18(19(15)25-12-14)32(30,31)26-17(7-3-9-24-21(22)23)20(29)27-10-4-6-16(27)13-28/h2,5,8,14,16-17,25-26,28H,3-4,6-7,9-13H2,1H3,(H4,22,23,24)/t14?,16-,17+/m1/s1. The van der Waals surface area contributed by atoms with Gasteiger partial charge in [0.15, 0.2) is 5.96 Å². The number of hydrogen-bond donors (Lipinski definition) is 5. The molecule has 0 spiro atoms. The Morgan fingerprint density at radius 1 is 1.41 bits per heavy atom. The lowest BCUT2D eigenvalue weighted by molar-refractivity contribution is -0.134. The van der Waals surface area contributed by atoms with E-state index in [2.05, 4.69) is 22.0 Å². The van der Waals surface area contributed by atoms with Crippen LogP contribution in [0.2, 0.25) is 0 Å². The summed E-state index contributed by atoms with van der Waals surface area (Å²) in [6.45, 7) is 3.43. The number of para-hydroxylation sites is 1. The summed E-state index contributed by atoms with van der Waals surface area (Å²) in [5.41, 5.74) is 12.3. The van der Waals surface area contributed by atoms with Gasteiger partial charge in [0, 0.05) is 19.6 Å². The molecule has 2 heterocycles. The quantitative estimate of drug-likeness (QED) is 0.194. The molecule has 1 unspecified atom stereocenters. The first-order valence-corrected chi connectivity index (χ1v) is 12.6. The second-order valence-electron chi connectivity index (χ2n) is 8.61. The summed E-state index contributed by atoms with van der Waals surface area (Å²) >= 11 is 0. The molecule has 10 nitrogen and oxygen atoms in total. The molecular weight excluding hydrogens is 432 g/mol. The molecule has 1 aromatic carbocycles. The number of carbonyl (C=O) groups is 1. The van der Waals surface area contributed by atoms with Crippen molar-refractivity contribution in [1.82, 2.24) is 9.62 Å². The summed E-state index contributed by atoms with van der Waals surface area (Å²) in [6, 6.07) is 3.94. The number of nitrogens with two attached hydrogens (primary N) is 2. The number of benzene rings is 1. The number of carbonyl (C=O) groups excluding carboxylic acids is 1. The molecule has 0 aromatic heterocycles. The second kappa shape index (κ2) is 10.5. The number of anilines is 1. The maximum atomic E-state index is 13.4. The number of hydrogen-bond acceptors (Lipinski definition) is 6. The minimum Gasteiger partial charge on any atom is -0.394 e. The Bertz CT molecular complexity index is 948. The minimum absolute atomic E-state index is 0.0513. The van der Waals surface area contributed by atoms with Crippen LogP contribution < -0.4 is 21.5 Å². The third-order valence-electron chi connectivity index (χ3n) is 6.01. The highest BCUT2D eigenvalue weighted by Crippen LogP contribution is 2.31. The molecule has 1 fully saturated rings. The summed E-state index contributed by atoms with van der Waals surface area (Å²) in [4.78, 5) is 18.9. The van der Waals surface area contributed by atoms with E-state index in [-0.39, 0.29) is 42.4 Å². The van der Waals surface area contributed by atoms with E-state index < -0.39 is 16.1 Å². The third kappa shape index (κ3) is 5.70. The van der Waals surface area contributed by atoms with Gasteiger partial charge in [0.1, 0.15) is 10.9 Å². The van der Waals surface area contributed by atoms with E-state index >= 15 is 0 Å². The highest BCUT2D eigenvalue weighted by Gasteiger charge is 2.35. The molecule has 0 bridgehead atoms.